The Labute approximate surface area is 137 Å². The van der Waals surface area contributed by atoms with Gasteiger partial charge in [0, 0.05) is 23.7 Å². The van der Waals surface area contributed by atoms with Gasteiger partial charge in [0.05, 0.1) is 0 Å². The van der Waals surface area contributed by atoms with Gasteiger partial charge in [-0.05, 0) is 68.7 Å². The summed E-state index contributed by atoms with van der Waals surface area (Å²) in [7, 11) is 0. The van der Waals surface area contributed by atoms with Gasteiger partial charge >= 0.3 is 0 Å². The van der Waals surface area contributed by atoms with Crippen LogP contribution < -0.4 is 5.73 Å². The molecule has 0 aromatic heterocycles. The number of rotatable bonds is 5. The predicted molar refractivity (Wildman–Crippen MR) is 90.0 cm³/mol. The molecule has 3 unspecified atom stereocenters. The van der Waals surface area contributed by atoms with E-state index in [-0.39, 0.29) is 11.9 Å². The summed E-state index contributed by atoms with van der Waals surface area (Å²) in [6, 6.07) is 6.78. The van der Waals surface area contributed by atoms with Crippen LogP contribution >= 0.6 is 0 Å². The van der Waals surface area contributed by atoms with Gasteiger partial charge in [-0.2, -0.15) is 0 Å². The van der Waals surface area contributed by atoms with Crippen LogP contribution in [0.3, 0.4) is 0 Å². The second kappa shape index (κ2) is 6.19. The van der Waals surface area contributed by atoms with Crippen molar-refractivity contribution in [1.29, 1.82) is 0 Å². The van der Waals surface area contributed by atoms with Gasteiger partial charge in [-0.3, -0.25) is 9.59 Å². The van der Waals surface area contributed by atoms with Crippen LogP contribution in [0.2, 0.25) is 0 Å². The maximum atomic E-state index is 12.9. The van der Waals surface area contributed by atoms with E-state index in [4.69, 9.17) is 5.73 Å². The Hall–Kier alpha value is -2.10. The second-order valence-corrected chi connectivity index (χ2v) is 7.03. The molecule has 4 heteroatoms. The van der Waals surface area contributed by atoms with Crippen molar-refractivity contribution in [2.45, 2.75) is 32.7 Å². The van der Waals surface area contributed by atoms with Gasteiger partial charge in [0.25, 0.3) is 5.91 Å². The van der Waals surface area contributed by atoms with Crippen molar-refractivity contribution in [2.75, 3.05) is 6.54 Å². The number of nitrogens with two attached hydrogens (primary N) is 1. The van der Waals surface area contributed by atoms with Crippen LogP contribution in [0.25, 0.3) is 0 Å². The molecule has 122 valence electrons. The molecule has 1 aromatic carbocycles. The summed E-state index contributed by atoms with van der Waals surface area (Å²) >= 11 is 0. The summed E-state index contributed by atoms with van der Waals surface area (Å²) in [5.74, 6) is 1.47. The van der Waals surface area contributed by atoms with Crippen LogP contribution in [0, 0.1) is 17.8 Å². The average molecular weight is 312 g/mol. The third-order valence-corrected chi connectivity index (χ3v) is 5.15. The number of carbonyl (C=O) groups is 2. The zero-order valence-electron chi connectivity index (χ0n) is 13.7. The summed E-state index contributed by atoms with van der Waals surface area (Å²) in [5.41, 5.74) is 6.29. The molecule has 3 atom stereocenters. The van der Waals surface area contributed by atoms with Crippen LogP contribution in [0.15, 0.2) is 36.4 Å². The Balaban J connectivity index is 1.73. The van der Waals surface area contributed by atoms with Gasteiger partial charge in [0.2, 0.25) is 5.91 Å². The lowest BCUT2D eigenvalue weighted by atomic mass is 9.92. The lowest BCUT2D eigenvalue weighted by Gasteiger charge is -2.32. The Kier molecular flexibility index (Phi) is 4.24. The number of nitrogens with zero attached hydrogens (tertiary/aromatic N) is 1. The van der Waals surface area contributed by atoms with Crippen molar-refractivity contribution in [3.05, 3.63) is 47.5 Å². The zero-order valence-corrected chi connectivity index (χ0v) is 13.7. The first-order valence-electron chi connectivity index (χ1n) is 8.35. The van der Waals surface area contributed by atoms with Crippen molar-refractivity contribution in [2.24, 2.45) is 23.5 Å². The lowest BCUT2D eigenvalue weighted by Crippen LogP contribution is -2.41. The van der Waals surface area contributed by atoms with E-state index < -0.39 is 5.91 Å². The van der Waals surface area contributed by atoms with E-state index in [1.54, 1.807) is 24.3 Å². The molecule has 3 rings (SSSR count). The molecule has 2 N–H and O–H groups in total. The number of primary amides is 1. The maximum absolute atomic E-state index is 12.9. The average Bonchev–Trinajstić information content (AvgIpc) is 3.14. The van der Waals surface area contributed by atoms with Gasteiger partial charge in [-0.1, -0.05) is 12.2 Å². The van der Waals surface area contributed by atoms with Crippen molar-refractivity contribution in [3.63, 3.8) is 0 Å². The monoisotopic (exact) mass is 312 g/mol. The molecule has 1 fully saturated rings. The van der Waals surface area contributed by atoms with E-state index in [0.717, 1.165) is 6.54 Å². The van der Waals surface area contributed by atoms with Gasteiger partial charge in [0.15, 0.2) is 0 Å². The molecule has 0 saturated heterocycles. The largest absolute Gasteiger partial charge is 0.366 e. The lowest BCUT2D eigenvalue weighted by molar-refractivity contribution is 0.0661. The summed E-state index contributed by atoms with van der Waals surface area (Å²) in [4.78, 5) is 26.0. The van der Waals surface area contributed by atoms with Crippen molar-refractivity contribution in [3.8, 4) is 0 Å². The maximum Gasteiger partial charge on any atom is 0.254 e. The molecular weight excluding hydrogens is 288 g/mol. The molecule has 2 amide bonds. The molecule has 0 aliphatic heterocycles. The predicted octanol–water partition coefficient (Wildman–Crippen LogP) is 2.85. The van der Waals surface area contributed by atoms with E-state index in [9.17, 15) is 9.59 Å². The summed E-state index contributed by atoms with van der Waals surface area (Å²) in [6.07, 6.45) is 7.09. The van der Waals surface area contributed by atoms with E-state index in [1.165, 1.54) is 12.8 Å². The van der Waals surface area contributed by atoms with Crippen molar-refractivity contribution < 1.29 is 9.59 Å². The molecule has 1 aromatic rings. The molecule has 23 heavy (non-hydrogen) atoms. The van der Waals surface area contributed by atoms with E-state index in [1.807, 2.05) is 4.90 Å². The Morgan fingerprint density at radius 3 is 2.26 bits per heavy atom. The van der Waals surface area contributed by atoms with Crippen LogP contribution in [0.1, 0.15) is 47.4 Å². The molecule has 0 radical (unpaired) electrons. The molecule has 0 spiro atoms. The van der Waals surface area contributed by atoms with E-state index in [2.05, 4.69) is 26.0 Å². The SMILES string of the molecule is CC(C)N(CC1CC2C=CC1C2)C(=O)c1ccc(C(N)=O)cc1. The molecule has 2 bridgehead atoms. The molecule has 4 nitrogen and oxygen atoms in total. The van der Waals surface area contributed by atoms with Crippen LogP contribution in [0.4, 0.5) is 0 Å². The number of fused-ring (bicyclic) bond motifs is 2. The van der Waals surface area contributed by atoms with Crippen LogP contribution in [-0.4, -0.2) is 29.3 Å². The fourth-order valence-electron chi connectivity index (χ4n) is 3.83. The van der Waals surface area contributed by atoms with E-state index in [0.29, 0.717) is 28.9 Å². The smallest absolute Gasteiger partial charge is 0.254 e. The molecule has 0 heterocycles. The normalized spacial score (nSPS) is 25.1. The number of hydrogen-bond acceptors (Lipinski definition) is 2. The van der Waals surface area contributed by atoms with Crippen LogP contribution in [-0.2, 0) is 0 Å². The summed E-state index contributed by atoms with van der Waals surface area (Å²) < 4.78 is 0. The zero-order chi connectivity index (χ0) is 16.6. The molecule has 2 aliphatic carbocycles. The highest BCUT2D eigenvalue weighted by Crippen LogP contribution is 2.43. The third kappa shape index (κ3) is 3.16. The van der Waals surface area contributed by atoms with Gasteiger partial charge in [-0.15, -0.1) is 0 Å². The quantitative estimate of drug-likeness (QED) is 0.850. The number of carbonyl (C=O) groups excluding carboxylic acids is 2. The standard InChI is InChI=1S/C19H24N2O2/c1-12(2)21(11-17-10-13-3-4-16(17)9-13)19(23)15-7-5-14(6-8-15)18(20)22/h3-8,12-13,16-17H,9-11H2,1-2H3,(H2,20,22). The Morgan fingerprint density at radius 2 is 1.78 bits per heavy atom. The van der Waals surface area contributed by atoms with Gasteiger partial charge in [0.1, 0.15) is 0 Å². The topological polar surface area (TPSA) is 63.4 Å². The summed E-state index contributed by atoms with van der Waals surface area (Å²) in [6.45, 7) is 4.91. The number of hydrogen-bond donors (Lipinski definition) is 1. The van der Waals surface area contributed by atoms with Crippen molar-refractivity contribution >= 4 is 11.8 Å². The highest BCUT2D eigenvalue weighted by molar-refractivity contribution is 5.97. The Morgan fingerprint density at radius 1 is 1.13 bits per heavy atom. The van der Waals surface area contributed by atoms with Gasteiger partial charge < -0.3 is 10.6 Å². The molecule has 1 saturated carbocycles. The second-order valence-electron chi connectivity index (χ2n) is 7.03. The fraction of sp³-hybridized carbons (Fsp3) is 0.474. The fourth-order valence-corrected chi connectivity index (χ4v) is 3.83. The molecule has 2 aliphatic rings. The third-order valence-electron chi connectivity index (χ3n) is 5.15. The first-order valence-corrected chi connectivity index (χ1v) is 8.35. The minimum atomic E-state index is -0.474. The first kappa shape index (κ1) is 15.8. The first-order chi connectivity index (χ1) is 11.0. The number of amides is 2. The molecular formula is C19H24N2O2. The van der Waals surface area contributed by atoms with Crippen LogP contribution in [0.5, 0.6) is 0 Å². The highest BCUT2D eigenvalue weighted by Gasteiger charge is 2.37. The Bertz CT molecular complexity index is 633. The van der Waals surface area contributed by atoms with Gasteiger partial charge in [-0.25, -0.2) is 0 Å². The minimum absolute atomic E-state index is 0.0303. The number of benzene rings is 1. The van der Waals surface area contributed by atoms with Crippen molar-refractivity contribution in [1.82, 2.24) is 4.90 Å². The summed E-state index contributed by atoms with van der Waals surface area (Å²) in [5, 5.41) is 0. The number of allylic oxidation sites excluding steroid dienone is 2. The van der Waals surface area contributed by atoms with E-state index >= 15 is 0 Å². The highest BCUT2D eigenvalue weighted by atomic mass is 16.2. The minimum Gasteiger partial charge on any atom is -0.366 e.